The van der Waals surface area contributed by atoms with Gasteiger partial charge in [0.1, 0.15) is 5.49 Å². The monoisotopic (exact) mass is 308 g/mol. The molecule has 0 fully saturated rings. The highest BCUT2D eigenvalue weighted by molar-refractivity contribution is 8.03. The molecule has 0 spiro atoms. The van der Waals surface area contributed by atoms with Crippen LogP contribution in [0.3, 0.4) is 0 Å². The molecule has 0 saturated carbocycles. The van der Waals surface area contributed by atoms with Gasteiger partial charge in [0, 0.05) is 27.4 Å². The molecule has 1 N–H and O–H groups in total. The molecule has 20 heavy (non-hydrogen) atoms. The zero-order valence-electron chi connectivity index (χ0n) is 11.4. The lowest BCUT2D eigenvalue weighted by Crippen LogP contribution is -2.27. The third-order valence-electron chi connectivity index (χ3n) is 2.86. The fraction of sp³-hybridized carbons (Fsp3) is 0.333. The molecule has 2 heterocycles. The number of rotatable bonds is 6. The third-order valence-corrected chi connectivity index (χ3v) is 4.22. The highest BCUT2D eigenvalue weighted by Crippen LogP contribution is 2.27. The van der Waals surface area contributed by atoms with Crippen LogP contribution in [0.15, 0.2) is 33.0 Å². The summed E-state index contributed by atoms with van der Waals surface area (Å²) < 4.78 is 0. The van der Waals surface area contributed by atoms with Gasteiger partial charge in [-0.1, -0.05) is 43.0 Å². The van der Waals surface area contributed by atoms with E-state index in [1.165, 1.54) is 0 Å². The molecular formula is C15H17ClN2OS. The van der Waals surface area contributed by atoms with Gasteiger partial charge in [0.15, 0.2) is 6.29 Å². The van der Waals surface area contributed by atoms with E-state index in [1.807, 2.05) is 12.2 Å². The summed E-state index contributed by atoms with van der Waals surface area (Å²) in [4.78, 5) is 20.8. The Morgan fingerprint density at radius 2 is 2.45 bits per heavy atom. The molecule has 0 aliphatic carbocycles. The molecule has 1 aliphatic heterocycles. The second kappa shape index (κ2) is 7.50. The Labute approximate surface area is 127 Å². The van der Waals surface area contributed by atoms with Gasteiger partial charge in [-0.2, -0.15) is 0 Å². The summed E-state index contributed by atoms with van der Waals surface area (Å²) in [6, 6.07) is 0. The molecular weight excluding hydrogens is 292 g/mol. The van der Waals surface area contributed by atoms with E-state index in [1.54, 1.807) is 11.8 Å². The standard InChI is InChI=1S/C15H17ClN2OS/c1-2-5-11(6-3-8-16)20-14-12-7-4-9-17-15(12)18-13(14)10-19/h3,5-7,10H,2,4,8-9H2,1H3,(H,17,18)/b6-3-,11-5+. The highest BCUT2D eigenvalue weighted by atomic mass is 35.5. The summed E-state index contributed by atoms with van der Waals surface area (Å²) in [6.07, 6.45) is 10.9. The van der Waals surface area contributed by atoms with Crippen LogP contribution < -0.4 is 10.7 Å². The van der Waals surface area contributed by atoms with Gasteiger partial charge in [-0.15, -0.1) is 11.6 Å². The first kappa shape index (κ1) is 15.1. The number of thioether (sulfide) groups is 1. The molecule has 106 valence electrons. The lowest BCUT2D eigenvalue weighted by atomic mass is 10.3. The molecule has 5 heteroatoms. The van der Waals surface area contributed by atoms with Crippen molar-refractivity contribution in [2.45, 2.75) is 24.7 Å². The van der Waals surface area contributed by atoms with Crippen LogP contribution in [-0.2, 0) is 0 Å². The highest BCUT2D eigenvalue weighted by Gasteiger charge is 2.12. The molecule has 1 aromatic rings. The zero-order chi connectivity index (χ0) is 14.4. The number of nitrogens with zero attached hydrogens (tertiary/aromatic N) is 1. The van der Waals surface area contributed by atoms with Crippen LogP contribution in [-0.4, -0.2) is 23.7 Å². The number of alkyl halides is 1. The summed E-state index contributed by atoms with van der Waals surface area (Å²) in [7, 11) is 0. The number of H-pyrrole nitrogens is 1. The number of aromatic amines is 1. The minimum Gasteiger partial charge on any atom is -0.336 e. The predicted octanol–water partition coefficient (Wildman–Crippen LogP) is 2.81. The van der Waals surface area contributed by atoms with Crippen molar-refractivity contribution in [3.63, 3.8) is 0 Å². The van der Waals surface area contributed by atoms with Gasteiger partial charge in [-0.05, 0) is 12.8 Å². The van der Waals surface area contributed by atoms with Crippen molar-refractivity contribution < 1.29 is 4.79 Å². The molecule has 1 aliphatic rings. The van der Waals surface area contributed by atoms with Crippen molar-refractivity contribution in [1.29, 1.82) is 0 Å². The van der Waals surface area contributed by atoms with Gasteiger partial charge < -0.3 is 4.98 Å². The molecule has 0 unspecified atom stereocenters. The van der Waals surface area contributed by atoms with Crippen LogP contribution in [0.2, 0.25) is 0 Å². The number of hydrogen-bond donors (Lipinski definition) is 1. The maximum atomic E-state index is 11.2. The molecule has 0 radical (unpaired) electrons. The Hall–Kier alpha value is -1.26. The topological polar surface area (TPSA) is 45.2 Å². The first-order valence-corrected chi connectivity index (χ1v) is 7.97. The van der Waals surface area contributed by atoms with E-state index in [2.05, 4.69) is 29.1 Å². The average molecular weight is 309 g/mol. The number of carbonyl (C=O) groups is 1. The predicted molar refractivity (Wildman–Crippen MR) is 85.0 cm³/mol. The zero-order valence-corrected chi connectivity index (χ0v) is 12.9. The minimum absolute atomic E-state index is 0.481. The lowest BCUT2D eigenvalue weighted by molar-refractivity contribution is 0.111. The quantitative estimate of drug-likeness (QED) is 0.380. The Morgan fingerprint density at radius 1 is 1.60 bits per heavy atom. The molecule has 0 bridgehead atoms. The summed E-state index contributed by atoms with van der Waals surface area (Å²) in [5.41, 5.74) is 1.42. The number of fused-ring (bicyclic) bond motifs is 1. The molecule has 2 rings (SSSR count). The Kier molecular flexibility index (Phi) is 5.68. The number of allylic oxidation sites excluding steroid dienone is 3. The van der Waals surface area contributed by atoms with Crippen molar-refractivity contribution >= 4 is 35.7 Å². The van der Waals surface area contributed by atoms with Gasteiger partial charge in [-0.3, -0.25) is 9.79 Å². The fourth-order valence-corrected chi connectivity index (χ4v) is 3.26. The molecule has 3 nitrogen and oxygen atoms in total. The van der Waals surface area contributed by atoms with E-state index in [0.29, 0.717) is 11.6 Å². The number of nitrogens with one attached hydrogen (secondary N) is 1. The summed E-state index contributed by atoms with van der Waals surface area (Å²) in [5, 5.41) is 1.05. The Balaban J connectivity index is 2.42. The van der Waals surface area contributed by atoms with E-state index in [0.717, 1.165) is 46.2 Å². The van der Waals surface area contributed by atoms with E-state index in [4.69, 9.17) is 11.6 Å². The van der Waals surface area contributed by atoms with Gasteiger partial charge in [-0.25, -0.2) is 0 Å². The van der Waals surface area contributed by atoms with Crippen LogP contribution in [0.1, 0.15) is 30.3 Å². The maximum Gasteiger partial charge on any atom is 0.167 e. The Bertz CT molecular complexity index is 658. The second-order valence-corrected chi connectivity index (χ2v) is 5.69. The summed E-state index contributed by atoms with van der Waals surface area (Å²) in [5.74, 6) is 0.481. The number of hydrogen-bond acceptors (Lipinski definition) is 3. The number of aromatic nitrogens is 1. The molecule has 0 saturated heterocycles. The van der Waals surface area contributed by atoms with Gasteiger partial charge in [0.25, 0.3) is 0 Å². The van der Waals surface area contributed by atoms with Crippen LogP contribution in [0.25, 0.3) is 6.08 Å². The average Bonchev–Trinajstić information content (AvgIpc) is 2.83. The van der Waals surface area contributed by atoms with E-state index in [9.17, 15) is 4.79 Å². The minimum atomic E-state index is 0.481. The van der Waals surface area contributed by atoms with E-state index in [-0.39, 0.29) is 0 Å². The van der Waals surface area contributed by atoms with Gasteiger partial charge in [0.05, 0.1) is 5.69 Å². The van der Waals surface area contributed by atoms with Crippen LogP contribution >= 0.6 is 23.4 Å². The Morgan fingerprint density at radius 3 is 3.15 bits per heavy atom. The number of halogens is 1. The van der Waals surface area contributed by atoms with E-state index >= 15 is 0 Å². The van der Waals surface area contributed by atoms with Gasteiger partial charge >= 0.3 is 0 Å². The smallest absolute Gasteiger partial charge is 0.167 e. The maximum absolute atomic E-state index is 11.2. The number of aldehydes is 1. The summed E-state index contributed by atoms with van der Waals surface area (Å²) in [6.45, 7) is 2.86. The van der Waals surface area contributed by atoms with Crippen LogP contribution in [0, 0.1) is 0 Å². The first-order chi connectivity index (χ1) is 9.80. The van der Waals surface area contributed by atoms with Crippen molar-refractivity contribution in [3.05, 3.63) is 39.5 Å². The SMILES string of the molecule is CC/C=C(\C=C/CCl)Sc1c(C=O)[nH]c2c1=CCCN=2. The third kappa shape index (κ3) is 3.44. The normalized spacial score (nSPS) is 14.8. The summed E-state index contributed by atoms with van der Waals surface area (Å²) >= 11 is 7.28. The van der Waals surface area contributed by atoms with Crippen LogP contribution in [0.5, 0.6) is 0 Å². The van der Waals surface area contributed by atoms with Gasteiger partial charge in [0.2, 0.25) is 0 Å². The first-order valence-electron chi connectivity index (χ1n) is 6.62. The second-order valence-electron chi connectivity index (χ2n) is 4.30. The molecule has 0 amide bonds. The van der Waals surface area contributed by atoms with Crippen molar-refractivity contribution in [2.24, 2.45) is 4.99 Å². The molecule has 1 aromatic heterocycles. The van der Waals surface area contributed by atoms with E-state index < -0.39 is 0 Å². The van der Waals surface area contributed by atoms with Crippen molar-refractivity contribution in [3.8, 4) is 0 Å². The van der Waals surface area contributed by atoms with Crippen molar-refractivity contribution in [1.82, 2.24) is 4.98 Å². The lowest BCUT2D eigenvalue weighted by Gasteiger charge is -2.02. The molecule has 0 aromatic carbocycles. The van der Waals surface area contributed by atoms with Crippen LogP contribution in [0.4, 0.5) is 0 Å². The van der Waals surface area contributed by atoms with Crippen molar-refractivity contribution in [2.75, 3.05) is 12.4 Å². The molecule has 0 atom stereocenters. The largest absolute Gasteiger partial charge is 0.336 e. The number of carbonyl (C=O) groups excluding carboxylic acids is 1. The fourth-order valence-electron chi connectivity index (χ4n) is 2.02.